The highest BCUT2D eigenvalue weighted by Crippen LogP contribution is 2.17. The number of hydrogen-bond acceptors (Lipinski definition) is 2. The van der Waals surface area contributed by atoms with Gasteiger partial charge in [0.05, 0.1) is 0 Å². The molecule has 0 unspecified atom stereocenters. The van der Waals surface area contributed by atoms with Gasteiger partial charge >= 0.3 is 0 Å². The van der Waals surface area contributed by atoms with Crippen molar-refractivity contribution in [1.29, 1.82) is 0 Å². The first-order valence-corrected chi connectivity index (χ1v) is 7.58. The maximum atomic E-state index is 12.9. The molecular formula is C15H20ClFN2O. The molecule has 5 heteroatoms. The van der Waals surface area contributed by atoms with E-state index in [1.165, 1.54) is 12.1 Å². The van der Waals surface area contributed by atoms with Crippen molar-refractivity contribution < 1.29 is 9.18 Å². The number of alkyl halides is 1. The third-order valence-electron chi connectivity index (χ3n) is 3.60. The highest BCUT2D eigenvalue weighted by molar-refractivity contribution is 6.17. The Morgan fingerprint density at radius 3 is 2.35 bits per heavy atom. The second-order valence-electron chi connectivity index (χ2n) is 4.99. The van der Waals surface area contributed by atoms with Crippen LogP contribution in [-0.2, 0) is 4.79 Å². The summed E-state index contributed by atoms with van der Waals surface area (Å²) < 4.78 is 12.9. The zero-order valence-electron chi connectivity index (χ0n) is 11.5. The van der Waals surface area contributed by atoms with E-state index < -0.39 is 0 Å². The van der Waals surface area contributed by atoms with E-state index in [2.05, 4.69) is 4.90 Å². The summed E-state index contributed by atoms with van der Waals surface area (Å²) in [5.74, 6) is 0.613. The molecule has 1 aliphatic rings. The van der Waals surface area contributed by atoms with Crippen LogP contribution in [0.25, 0.3) is 0 Å². The van der Waals surface area contributed by atoms with Gasteiger partial charge in [-0.25, -0.2) is 4.39 Å². The Bertz CT molecular complexity index is 430. The van der Waals surface area contributed by atoms with Gasteiger partial charge in [0, 0.05) is 44.2 Å². The van der Waals surface area contributed by atoms with E-state index >= 15 is 0 Å². The van der Waals surface area contributed by atoms with Crippen LogP contribution in [-0.4, -0.2) is 42.9 Å². The molecule has 0 aliphatic carbocycles. The maximum Gasteiger partial charge on any atom is 0.222 e. The minimum absolute atomic E-state index is 0.217. The number of unbranched alkanes of at least 4 members (excludes halogenated alkanes) is 1. The second-order valence-corrected chi connectivity index (χ2v) is 5.37. The van der Waals surface area contributed by atoms with Crippen LogP contribution in [0.15, 0.2) is 24.3 Å². The Balaban J connectivity index is 1.80. The molecular weight excluding hydrogens is 279 g/mol. The summed E-state index contributed by atoms with van der Waals surface area (Å²) in [4.78, 5) is 16.1. The average Bonchev–Trinajstić information content (AvgIpc) is 2.48. The lowest BCUT2D eigenvalue weighted by Crippen LogP contribution is -2.48. The van der Waals surface area contributed by atoms with Crippen molar-refractivity contribution in [2.45, 2.75) is 19.3 Å². The molecule has 0 spiro atoms. The zero-order chi connectivity index (χ0) is 14.4. The van der Waals surface area contributed by atoms with Gasteiger partial charge in [0.2, 0.25) is 5.91 Å². The van der Waals surface area contributed by atoms with E-state index in [-0.39, 0.29) is 11.7 Å². The van der Waals surface area contributed by atoms with Crippen molar-refractivity contribution in [2.24, 2.45) is 0 Å². The quantitative estimate of drug-likeness (QED) is 0.616. The van der Waals surface area contributed by atoms with Crippen LogP contribution >= 0.6 is 11.6 Å². The smallest absolute Gasteiger partial charge is 0.222 e. The Morgan fingerprint density at radius 1 is 1.10 bits per heavy atom. The number of hydrogen-bond donors (Lipinski definition) is 0. The molecule has 0 atom stereocenters. The molecule has 1 heterocycles. The standard InChI is InChI=1S/C15H20ClFN2O/c16-8-2-1-3-15(20)19-11-9-18(10-12-19)14-6-4-13(17)5-7-14/h4-7H,1-3,8-12H2. The molecule has 1 aromatic carbocycles. The van der Waals surface area contributed by atoms with Gasteiger partial charge in [-0.15, -0.1) is 11.6 Å². The number of carbonyl (C=O) groups is 1. The Labute approximate surface area is 124 Å². The van der Waals surface area contributed by atoms with Crippen molar-refractivity contribution in [3.05, 3.63) is 30.1 Å². The van der Waals surface area contributed by atoms with Crippen molar-refractivity contribution in [3.63, 3.8) is 0 Å². The molecule has 0 radical (unpaired) electrons. The molecule has 1 fully saturated rings. The monoisotopic (exact) mass is 298 g/mol. The van der Waals surface area contributed by atoms with Gasteiger partial charge in [-0.1, -0.05) is 0 Å². The first kappa shape index (κ1) is 15.1. The zero-order valence-corrected chi connectivity index (χ0v) is 12.3. The average molecular weight is 299 g/mol. The molecule has 0 N–H and O–H groups in total. The van der Waals surface area contributed by atoms with Crippen LogP contribution in [0.4, 0.5) is 10.1 Å². The largest absolute Gasteiger partial charge is 0.368 e. The lowest BCUT2D eigenvalue weighted by atomic mass is 10.2. The third kappa shape index (κ3) is 4.10. The fraction of sp³-hybridized carbons (Fsp3) is 0.533. The first-order chi connectivity index (χ1) is 9.70. The number of amides is 1. The highest BCUT2D eigenvalue weighted by atomic mass is 35.5. The molecule has 1 aliphatic heterocycles. The summed E-state index contributed by atoms with van der Waals surface area (Å²) in [5, 5.41) is 0. The van der Waals surface area contributed by atoms with Crippen molar-refractivity contribution in [3.8, 4) is 0 Å². The van der Waals surface area contributed by atoms with E-state index in [4.69, 9.17) is 11.6 Å². The normalized spacial score (nSPS) is 15.5. The van der Waals surface area contributed by atoms with Gasteiger partial charge in [0.25, 0.3) is 0 Å². The molecule has 20 heavy (non-hydrogen) atoms. The lowest BCUT2D eigenvalue weighted by Gasteiger charge is -2.36. The van der Waals surface area contributed by atoms with E-state index in [9.17, 15) is 9.18 Å². The van der Waals surface area contributed by atoms with E-state index in [0.29, 0.717) is 12.3 Å². The SMILES string of the molecule is O=C(CCCCCl)N1CCN(c2ccc(F)cc2)CC1. The number of piperazine rings is 1. The predicted octanol–water partition coefficient (Wildman–Crippen LogP) is 2.88. The summed E-state index contributed by atoms with van der Waals surface area (Å²) in [5.41, 5.74) is 1.01. The summed E-state index contributed by atoms with van der Waals surface area (Å²) >= 11 is 5.61. The van der Waals surface area contributed by atoms with Crippen molar-refractivity contribution in [1.82, 2.24) is 4.90 Å². The molecule has 0 aromatic heterocycles. The van der Waals surface area contributed by atoms with E-state index in [1.54, 1.807) is 12.1 Å². The fourth-order valence-electron chi connectivity index (χ4n) is 2.39. The maximum absolute atomic E-state index is 12.9. The van der Waals surface area contributed by atoms with Gasteiger partial charge in [0.15, 0.2) is 0 Å². The van der Waals surface area contributed by atoms with E-state index in [0.717, 1.165) is 44.7 Å². The molecule has 110 valence electrons. The van der Waals surface area contributed by atoms with E-state index in [1.807, 2.05) is 4.90 Å². The summed E-state index contributed by atoms with van der Waals surface area (Å²) in [6, 6.07) is 6.51. The van der Waals surface area contributed by atoms with Crippen molar-refractivity contribution in [2.75, 3.05) is 37.0 Å². The number of anilines is 1. The lowest BCUT2D eigenvalue weighted by molar-refractivity contribution is -0.131. The number of nitrogens with zero attached hydrogens (tertiary/aromatic N) is 2. The predicted molar refractivity (Wildman–Crippen MR) is 79.8 cm³/mol. The Kier molecular flexibility index (Phi) is 5.65. The number of rotatable bonds is 5. The van der Waals surface area contributed by atoms with Crippen LogP contribution in [0.3, 0.4) is 0 Å². The Hall–Kier alpha value is -1.29. The third-order valence-corrected chi connectivity index (χ3v) is 3.87. The molecule has 0 bridgehead atoms. The summed E-state index contributed by atoms with van der Waals surface area (Å²) in [7, 11) is 0. The van der Waals surface area contributed by atoms with Crippen LogP contribution in [0, 0.1) is 5.82 Å². The number of benzene rings is 1. The number of halogens is 2. The van der Waals surface area contributed by atoms with Gasteiger partial charge in [-0.05, 0) is 37.1 Å². The van der Waals surface area contributed by atoms with Gasteiger partial charge in [0.1, 0.15) is 5.82 Å². The fourth-order valence-corrected chi connectivity index (χ4v) is 2.58. The summed E-state index contributed by atoms with van der Waals surface area (Å²) in [6.07, 6.45) is 2.34. The van der Waals surface area contributed by atoms with Gasteiger partial charge in [-0.2, -0.15) is 0 Å². The second kappa shape index (κ2) is 7.48. The van der Waals surface area contributed by atoms with Gasteiger partial charge in [-0.3, -0.25) is 4.79 Å². The summed E-state index contributed by atoms with van der Waals surface area (Å²) in [6.45, 7) is 3.06. The molecule has 1 amide bonds. The van der Waals surface area contributed by atoms with Crippen molar-refractivity contribution >= 4 is 23.2 Å². The molecule has 2 rings (SSSR count). The van der Waals surface area contributed by atoms with Crippen LogP contribution in [0.2, 0.25) is 0 Å². The highest BCUT2D eigenvalue weighted by Gasteiger charge is 2.20. The first-order valence-electron chi connectivity index (χ1n) is 7.05. The number of carbonyl (C=O) groups excluding carboxylic acids is 1. The molecule has 3 nitrogen and oxygen atoms in total. The minimum atomic E-state index is -0.221. The minimum Gasteiger partial charge on any atom is -0.368 e. The molecule has 1 saturated heterocycles. The van der Waals surface area contributed by atoms with Crippen LogP contribution in [0.5, 0.6) is 0 Å². The molecule has 0 saturated carbocycles. The van der Waals surface area contributed by atoms with Gasteiger partial charge < -0.3 is 9.80 Å². The topological polar surface area (TPSA) is 23.6 Å². The van der Waals surface area contributed by atoms with Crippen LogP contribution < -0.4 is 4.90 Å². The molecule has 1 aromatic rings. The Morgan fingerprint density at radius 2 is 1.75 bits per heavy atom. The van der Waals surface area contributed by atoms with Crippen LogP contribution in [0.1, 0.15) is 19.3 Å².